The first-order valence-electron chi connectivity index (χ1n) is 7.08. The van der Waals surface area contributed by atoms with Gasteiger partial charge in [-0.05, 0) is 24.3 Å². The summed E-state index contributed by atoms with van der Waals surface area (Å²) in [6.45, 7) is 8.45. The van der Waals surface area contributed by atoms with Crippen molar-refractivity contribution in [2.75, 3.05) is 13.1 Å². The molecule has 3 heteroatoms. The van der Waals surface area contributed by atoms with Gasteiger partial charge in [0.05, 0.1) is 6.04 Å². The Morgan fingerprint density at radius 3 is 2.35 bits per heavy atom. The summed E-state index contributed by atoms with van der Waals surface area (Å²) in [5, 5.41) is 3.16. The second kappa shape index (κ2) is 6.94. The summed E-state index contributed by atoms with van der Waals surface area (Å²) in [4.78, 5) is 14.1. The van der Waals surface area contributed by atoms with Crippen LogP contribution in [-0.4, -0.2) is 24.0 Å². The van der Waals surface area contributed by atoms with Crippen molar-refractivity contribution < 1.29 is 4.79 Å². The van der Waals surface area contributed by atoms with Crippen molar-refractivity contribution in [2.45, 2.75) is 18.9 Å². The second-order valence-electron chi connectivity index (χ2n) is 5.16. The average Bonchev–Trinajstić information content (AvgIpc) is 3.30. The van der Waals surface area contributed by atoms with Gasteiger partial charge in [-0.3, -0.25) is 0 Å². The summed E-state index contributed by atoms with van der Waals surface area (Å²) in [5.41, 5.74) is 1.18. The number of nitrogens with zero attached hydrogens (tertiary/aromatic N) is 1. The predicted octanol–water partition coefficient (Wildman–Crippen LogP) is 3.52. The van der Waals surface area contributed by atoms with Crippen LogP contribution in [0.15, 0.2) is 55.6 Å². The fourth-order valence-corrected chi connectivity index (χ4v) is 2.34. The molecule has 1 saturated carbocycles. The van der Waals surface area contributed by atoms with Crippen LogP contribution in [0.5, 0.6) is 0 Å². The van der Waals surface area contributed by atoms with Crippen molar-refractivity contribution >= 4 is 6.03 Å². The van der Waals surface area contributed by atoms with E-state index in [9.17, 15) is 4.79 Å². The van der Waals surface area contributed by atoms with Crippen LogP contribution >= 0.6 is 0 Å². The fraction of sp³-hybridized carbons (Fsp3) is 0.353. The molecule has 1 aromatic carbocycles. The summed E-state index contributed by atoms with van der Waals surface area (Å²) in [6.07, 6.45) is 5.83. The number of nitrogens with one attached hydrogen (secondary N) is 1. The number of amides is 2. The molecule has 20 heavy (non-hydrogen) atoms. The van der Waals surface area contributed by atoms with Gasteiger partial charge in [-0.1, -0.05) is 42.5 Å². The third-order valence-electron chi connectivity index (χ3n) is 3.52. The maximum Gasteiger partial charge on any atom is 0.318 e. The number of benzene rings is 1. The summed E-state index contributed by atoms with van der Waals surface area (Å²) < 4.78 is 0. The van der Waals surface area contributed by atoms with E-state index in [2.05, 4.69) is 30.6 Å². The number of rotatable bonds is 7. The number of carbonyl (C=O) groups excluding carboxylic acids is 1. The van der Waals surface area contributed by atoms with Gasteiger partial charge in [0.25, 0.3) is 0 Å². The molecule has 0 heterocycles. The maximum atomic E-state index is 12.4. The van der Waals surface area contributed by atoms with Crippen molar-refractivity contribution in [3.05, 3.63) is 61.2 Å². The van der Waals surface area contributed by atoms with Crippen LogP contribution in [-0.2, 0) is 0 Å². The molecular weight excluding hydrogens is 248 g/mol. The highest BCUT2D eigenvalue weighted by molar-refractivity contribution is 5.75. The zero-order valence-corrected chi connectivity index (χ0v) is 11.8. The molecule has 0 aromatic heterocycles. The highest BCUT2D eigenvalue weighted by Crippen LogP contribution is 2.40. The van der Waals surface area contributed by atoms with Crippen LogP contribution in [0.4, 0.5) is 4.79 Å². The lowest BCUT2D eigenvalue weighted by molar-refractivity contribution is 0.202. The molecule has 1 fully saturated rings. The van der Waals surface area contributed by atoms with E-state index in [1.807, 2.05) is 18.2 Å². The van der Waals surface area contributed by atoms with Gasteiger partial charge in [0.1, 0.15) is 0 Å². The number of hydrogen-bond acceptors (Lipinski definition) is 1. The molecule has 0 aliphatic heterocycles. The average molecular weight is 270 g/mol. The normalized spacial score (nSPS) is 15.2. The van der Waals surface area contributed by atoms with Crippen LogP contribution < -0.4 is 5.32 Å². The van der Waals surface area contributed by atoms with Crippen LogP contribution in [0.25, 0.3) is 0 Å². The Balaban J connectivity index is 2.06. The van der Waals surface area contributed by atoms with Crippen molar-refractivity contribution in [3.8, 4) is 0 Å². The monoisotopic (exact) mass is 270 g/mol. The van der Waals surface area contributed by atoms with Crippen LogP contribution in [0, 0.1) is 5.92 Å². The molecule has 3 nitrogen and oxygen atoms in total. The topological polar surface area (TPSA) is 32.3 Å². The summed E-state index contributed by atoms with van der Waals surface area (Å²) in [7, 11) is 0. The van der Waals surface area contributed by atoms with Gasteiger partial charge in [0, 0.05) is 13.1 Å². The van der Waals surface area contributed by atoms with Crippen molar-refractivity contribution in [2.24, 2.45) is 5.92 Å². The zero-order chi connectivity index (χ0) is 14.4. The molecule has 0 radical (unpaired) electrons. The van der Waals surface area contributed by atoms with E-state index in [1.165, 1.54) is 18.4 Å². The first-order valence-corrected chi connectivity index (χ1v) is 7.08. The summed E-state index contributed by atoms with van der Waals surface area (Å²) in [6, 6.07) is 10.2. The van der Waals surface area contributed by atoms with E-state index in [0.29, 0.717) is 19.0 Å². The van der Waals surface area contributed by atoms with Crippen molar-refractivity contribution in [1.29, 1.82) is 0 Å². The number of urea groups is 1. The minimum absolute atomic E-state index is 0.0504. The predicted molar refractivity (Wildman–Crippen MR) is 82.4 cm³/mol. The van der Waals surface area contributed by atoms with Crippen molar-refractivity contribution in [3.63, 3.8) is 0 Å². The SMILES string of the molecule is C=CCN(CC=C)C(=O)NC(c1ccccc1)C1CC1. The third kappa shape index (κ3) is 3.73. The molecule has 106 valence electrons. The minimum Gasteiger partial charge on any atom is -0.331 e. The Kier molecular flexibility index (Phi) is 4.99. The second-order valence-corrected chi connectivity index (χ2v) is 5.16. The smallest absolute Gasteiger partial charge is 0.318 e. The van der Waals surface area contributed by atoms with Crippen LogP contribution in [0.3, 0.4) is 0 Å². The largest absolute Gasteiger partial charge is 0.331 e. The Hall–Kier alpha value is -2.03. The number of hydrogen-bond donors (Lipinski definition) is 1. The highest BCUT2D eigenvalue weighted by Gasteiger charge is 2.33. The lowest BCUT2D eigenvalue weighted by Crippen LogP contribution is -2.42. The van der Waals surface area contributed by atoms with Gasteiger partial charge in [0.15, 0.2) is 0 Å². The Bertz CT molecular complexity index is 455. The lowest BCUT2D eigenvalue weighted by atomic mass is 10.0. The van der Waals surface area contributed by atoms with E-state index < -0.39 is 0 Å². The molecule has 2 amide bonds. The van der Waals surface area contributed by atoms with E-state index in [0.717, 1.165) is 0 Å². The summed E-state index contributed by atoms with van der Waals surface area (Å²) in [5.74, 6) is 0.565. The Morgan fingerprint density at radius 1 is 1.25 bits per heavy atom. The first-order chi connectivity index (χ1) is 9.76. The molecule has 1 aliphatic carbocycles. The van der Waals surface area contributed by atoms with Gasteiger partial charge >= 0.3 is 6.03 Å². The van der Waals surface area contributed by atoms with Gasteiger partial charge in [0.2, 0.25) is 0 Å². The molecule has 0 bridgehead atoms. The molecule has 1 unspecified atom stereocenters. The van der Waals surface area contributed by atoms with Crippen LogP contribution in [0.1, 0.15) is 24.4 Å². The van der Waals surface area contributed by atoms with Gasteiger partial charge in [-0.25, -0.2) is 4.79 Å². The molecule has 1 aliphatic rings. The van der Waals surface area contributed by atoms with E-state index >= 15 is 0 Å². The molecule has 1 atom stereocenters. The third-order valence-corrected chi connectivity index (χ3v) is 3.52. The molecule has 2 rings (SSSR count). The molecule has 1 aromatic rings. The van der Waals surface area contributed by atoms with Gasteiger partial charge in [-0.15, -0.1) is 13.2 Å². The van der Waals surface area contributed by atoms with E-state index in [4.69, 9.17) is 0 Å². The standard InChI is InChI=1S/C17H22N2O/c1-3-12-19(13-4-2)17(20)18-16(15-10-11-15)14-8-6-5-7-9-14/h3-9,15-16H,1-2,10-13H2,(H,18,20). The molecule has 0 saturated heterocycles. The maximum absolute atomic E-state index is 12.4. The first kappa shape index (κ1) is 14.4. The van der Waals surface area contributed by atoms with E-state index in [1.54, 1.807) is 17.1 Å². The summed E-state index contributed by atoms with van der Waals surface area (Å²) >= 11 is 0. The molecule has 0 spiro atoms. The van der Waals surface area contributed by atoms with Crippen molar-refractivity contribution in [1.82, 2.24) is 10.2 Å². The van der Waals surface area contributed by atoms with E-state index in [-0.39, 0.29) is 12.1 Å². The zero-order valence-electron chi connectivity index (χ0n) is 11.8. The lowest BCUT2D eigenvalue weighted by Gasteiger charge is -2.25. The molecular formula is C17H22N2O. The number of carbonyl (C=O) groups is 1. The quantitative estimate of drug-likeness (QED) is 0.755. The Morgan fingerprint density at radius 2 is 1.85 bits per heavy atom. The van der Waals surface area contributed by atoms with Gasteiger partial charge < -0.3 is 10.2 Å². The highest BCUT2D eigenvalue weighted by atomic mass is 16.2. The fourth-order valence-electron chi connectivity index (χ4n) is 2.34. The molecule has 1 N–H and O–H groups in total. The van der Waals surface area contributed by atoms with Crippen LogP contribution in [0.2, 0.25) is 0 Å². The Labute approximate surface area is 121 Å². The minimum atomic E-state index is -0.0504. The van der Waals surface area contributed by atoms with Gasteiger partial charge in [-0.2, -0.15) is 0 Å².